The fraction of sp³-hybridized carbons (Fsp3) is 0.400. The summed E-state index contributed by atoms with van der Waals surface area (Å²) in [6, 6.07) is 4.89. The zero-order valence-corrected chi connectivity index (χ0v) is 20.4. The molecule has 0 radical (unpaired) electrons. The van der Waals surface area contributed by atoms with Gasteiger partial charge < -0.3 is 19.5 Å². The SMILES string of the molecule is Cc1noc(C)c1-c1nc2nc(C(=O)O)nc(N[C@H](C)C3CCC3)c2n1Cc1ccc(C(F)(F)F)cc1. The van der Waals surface area contributed by atoms with Gasteiger partial charge in [0, 0.05) is 12.6 Å². The molecule has 1 aliphatic carbocycles. The lowest BCUT2D eigenvalue weighted by molar-refractivity contribution is -0.137. The highest BCUT2D eigenvalue weighted by molar-refractivity contribution is 5.92. The van der Waals surface area contributed by atoms with Crippen LogP contribution in [-0.2, 0) is 12.7 Å². The van der Waals surface area contributed by atoms with Crippen LogP contribution in [-0.4, -0.2) is 41.8 Å². The first-order chi connectivity index (χ1) is 17.5. The summed E-state index contributed by atoms with van der Waals surface area (Å²) >= 11 is 0. The van der Waals surface area contributed by atoms with E-state index < -0.39 is 23.5 Å². The number of carbonyl (C=O) groups is 1. The van der Waals surface area contributed by atoms with Gasteiger partial charge in [-0.3, -0.25) is 0 Å². The minimum absolute atomic E-state index is 0.0189. The highest BCUT2D eigenvalue weighted by Gasteiger charge is 2.31. The summed E-state index contributed by atoms with van der Waals surface area (Å²) in [7, 11) is 0. The van der Waals surface area contributed by atoms with E-state index in [9.17, 15) is 23.1 Å². The number of hydrogen-bond acceptors (Lipinski definition) is 7. The van der Waals surface area contributed by atoms with Crippen LogP contribution in [0.4, 0.5) is 19.0 Å². The Labute approximate surface area is 209 Å². The molecular weight excluding hydrogens is 489 g/mol. The number of alkyl halides is 3. The summed E-state index contributed by atoms with van der Waals surface area (Å²) in [5, 5.41) is 17.0. The zero-order chi connectivity index (χ0) is 26.5. The number of aryl methyl sites for hydroxylation is 2. The molecule has 37 heavy (non-hydrogen) atoms. The zero-order valence-electron chi connectivity index (χ0n) is 20.4. The summed E-state index contributed by atoms with van der Waals surface area (Å²) in [6.45, 7) is 5.63. The summed E-state index contributed by atoms with van der Waals surface area (Å²) in [4.78, 5) is 24.9. The van der Waals surface area contributed by atoms with Gasteiger partial charge >= 0.3 is 12.1 Å². The number of halogens is 3. The lowest BCUT2D eigenvalue weighted by Crippen LogP contribution is -2.31. The smallest absolute Gasteiger partial charge is 0.416 e. The molecule has 0 unspecified atom stereocenters. The van der Waals surface area contributed by atoms with Crippen LogP contribution < -0.4 is 5.32 Å². The van der Waals surface area contributed by atoms with Gasteiger partial charge in [-0.1, -0.05) is 23.7 Å². The van der Waals surface area contributed by atoms with Crippen molar-refractivity contribution < 1.29 is 27.6 Å². The van der Waals surface area contributed by atoms with E-state index in [0.717, 1.165) is 31.4 Å². The minimum atomic E-state index is -4.45. The number of aromatic nitrogens is 5. The Morgan fingerprint density at radius 2 is 1.89 bits per heavy atom. The second-order valence-corrected chi connectivity index (χ2v) is 9.41. The molecule has 0 aliphatic heterocycles. The van der Waals surface area contributed by atoms with Gasteiger partial charge in [0.2, 0.25) is 5.82 Å². The van der Waals surface area contributed by atoms with Crippen molar-refractivity contribution in [1.82, 2.24) is 24.7 Å². The Morgan fingerprint density at radius 3 is 2.43 bits per heavy atom. The van der Waals surface area contributed by atoms with E-state index in [1.165, 1.54) is 12.1 Å². The number of imidazole rings is 1. The van der Waals surface area contributed by atoms with Crippen molar-refractivity contribution in [3.05, 3.63) is 52.7 Å². The second kappa shape index (κ2) is 9.16. The number of fused-ring (bicyclic) bond motifs is 1. The van der Waals surface area contributed by atoms with Crippen LogP contribution in [0.2, 0.25) is 0 Å². The Bertz CT molecular complexity index is 1450. The van der Waals surface area contributed by atoms with Crippen molar-refractivity contribution in [3.8, 4) is 11.4 Å². The van der Waals surface area contributed by atoms with Crippen molar-refractivity contribution in [1.29, 1.82) is 0 Å². The van der Waals surface area contributed by atoms with E-state index >= 15 is 0 Å². The topological polar surface area (TPSA) is 119 Å². The highest BCUT2D eigenvalue weighted by atomic mass is 19.4. The Morgan fingerprint density at radius 1 is 1.19 bits per heavy atom. The molecule has 0 amide bonds. The minimum Gasteiger partial charge on any atom is -0.475 e. The predicted molar refractivity (Wildman–Crippen MR) is 128 cm³/mol. The molecule has 1 fully saturated rings. The third kappa shape index (κ3) is 4.63. The molecule has 0 saturated heterocycles. The standard InChI is InChI=1S/C25H25F3N6O3/c1-12(16-5-4-6-16)29-20-19-21(31-22(30-20)24(35)36)32-23(18-13(2)33-37-14(18)3)34(19)11-15-7-9-17(10-8-15)25(26,27)28/h7-10,12,16H,4-6,11H2,1-3H3,(H,35,36)(H,29,30,31)/t12-/m1/s1. The van der Waals surface area contributed by atoms with Crippen molar-refractivity contribution >= 4 is 23.0 Å². The molecule has 1 aromatic carbocycles. The number of nitrogens with zero attached hydrogens (tertiary/aromatic N) is 5. The van der Waals surface area contributed by atoms with Crippen molar-refractivity contribution in [3.63, 3.8) is 0 Å². The van der Waals surface area contributed by atoms with E-state index in [0.29, 0.717) is 45.7 Å². The highest BCUT2D eigenvalue weighted by Crippen LogP contribution is 2.36. The number of nitrogens with one attached hydrogen (secondary N) is 1. The van der Waals surface area contributed by atoms with Crippen molar-refractivity contribution in [2.75, 3.05) is 5.32 Å². The molecule has 3 aromatic heterocycles. The first kappa shape index (κ1) is 24.7. The average Bonchev–Trinajstić information content (AvgIpc) is 3.31. The molecular formula is C25H25F3N6O3. The van der Waals surface area contributed by atoms with Gasteiger partial charge in [0.1, 0.15) is 17.1 Å². The Balaban J connectivity index is 1.70. The van der Waals surface area contributed by atoms with Crippen molar-refractivity contribution in [2.45, 2.75) is 58.8 Å². The van der Waals surface area contributed by atoms with Crippen LogP contribution in [0, 0.1) is 19.8 Å². The Hall–Kier alpha value is -3.96. The molecule has 3 heterocycles. The van der Waals surface area contributed by atoms with E-state index in [1.807, 2.05) is 6.92 Å². The molecule has 2 N–H and O–H groups in total. The van der Waals surface area contributed by atoms with E-state index in [-0.39, 0.29) is 18.2 Å². The van der Waals surface area contributed by atoms with Gasteiger partial charge in [-0.25, -0.2) is 19.7 Å². The predicted octanol–water partition coefficient (Wildman–Crippen LogP) is 5.46. The van der Waals surface area contributed by atoms with Crippen molar-refractivity contribution in [2.24, 2.45) is 5.92 Å². The van der Waals surface area contributed by atoms with Gasteiger partial charge in [-0.05, 0) is 57.2 Å². The lowest BCUT2D eigenvalue weighted by Gasteiger charge is -2.32. The number of benzene rings is 1. The van der Waals surface area contributed by atoms with Gasteiger partial charge in [0.05, 0.1) is 16.8 Å². The maximum absolute atomic E-state index is 13.1. The number of aromatic carboxylic acids is 1. The lowest BCUT2D eigenvalue weighted by atomic mass is 9.80. The molecule has 9 nitrogen and oxygen atoms in total. The van der Waals surface area contributed by atoms with Crippen LogP contribution in [0.1, 0.15) is 59.4 Å². The van der Waals surface area contributed by atoms with Gasteiger partial charge in [0.25, 0.3) is 0 Å². The summed E-state index contributed by atoms with van der Waals surface area (Å²) in [5.41, 5.74) is 1.60. The van der Waals surface area contributed by atoms with Crippen LogP contribution in [0.3, 0.4) is 0 Å². The molecule has 0 spiro atoms. The molecule has 1 aliphatic rings. The maximum atomic E-state index is 13.1. The molecule has 12 heteroatoms. The molecule has 5 rings (SSSR count). The van der Waals surface area contributed by atoms with Gasteiger partial charge in [-0.2, -0.15) is 13.2 Å². The monoisotopic (exact) mass is 514 g/mol. The number of carboxylic acids is 1. The maximum Gasteiger partial charge on any atom is 0.416 e. The van der Waals surface area contributed by atoms with E-state index in [4.69, 9.17) is 4.52 Å². The van der Waals surface area contributed by atoms with Crippen LogP contribution in [0.25, 0.3) is 22.6 Å². The quantitative estimate of drug-likeness (QED) is 0.334. The normalized spacial score (nSPS) is 15.1. The molecule has 0 bridgehead atoms. The summed E-state index contributed by atoms with van der Waals surface area (Å²) in [6.07, 6.45) is -1.19. The van der Waals surface area contributed by atoms with Crippen LogP contribution in [0.5, 0.6) is 0 Å². The molecule has 1 saturated carbocycles. The number of carboxylic acid groups (broad SMARTS) is 1. The number of hydrogen-bond donors (Lipinski definition) is 2. The molecule has 1 atom stereocenters. The average molecular weight is 515 g/mol. The Kier molecular flexibility index (Phi) is 6.12. The third-order valence-electron chi connectivity index (χ3n) is 6.89. The van der Waals surface area contributed by atoms with Crippen LogP contribution in [0.15, 0.2) is 28.8 Å². The fourth-order valence-electron chi connectivity index (χ4n) is 4.63. The first-order valence-electron chi connectivity index (χ1n) is 11.9. The summed E-state index contributed by atoms with van der Waals surface area (Å²) in [5.74, 6) is -0.0730. The van der Waals surface area contributed by atoms with E-state index in [1.54, 1.807) is 18.4 Å². The summed E-state index contributed by atoms with van der Waals surface area (Å²) < 4.78 is 46.5. The number of rotatable bonds is 7. The van der Waals surface area contributed by atoms with Gasteiger partial charge in [-0.15, -0.1) is 0 Å². The first-order valence-corrected chi connectivity index (χ1v) is 11.9. The molecule has 194 valence electrons. The largest absolute Gasteiger partial charge is 0.475 e. The van der Waals surface area contributed by atoms with Crippen LogP contribution >= 0.6 is 0 Å². The number of anilines is 1. The molecule has 4 aromatic rings. The second-order valence-electron chi connectivity index (χ2n) is 9.41. The fourth-order valence-corrected chi connectivity index (χ4v) is 4.63. The third-order valence-corrected chi connectivity index (χ3v) is 6.89. The van der Waals surface area contributed by atoms with Gasteiger partial charge in [0.15, 0.2) is 11.5 Å². The van der Waals surface area contributed by atoms with E-state index in [2.05, 4.69) is 25.4 Å².